The first-order valence-corrected chi connectivity index (χ1v) is 12.7. The number of hydrogen-bond acceptors (Lipinski definition) is 5. The van der Waals surface area contributed by atoms with E-state index in [4.69, 9.17) is 4.18 Å². The Balaban J connectivity index is 0.00000304. The molecule has 0 unspecified atom stereocenters. The van der Waals surface area contributed by atoms with Crippen molar-refractivity contribution in [1.82, 2.24) is 19.6 Å². The molecule has 9 heteroatoms. The molecular weight excluding hydrogens is 467 g/mol. The third kappa shape index (κ3) is 5.27. The Labute approximate surface area is 223 Å². The number of nitrogens with zero attached hydrogens (tertiary/aromatic N) is 4. The van der Waals surface area contributed by atoms with Gasteiger partial charge in [0, 0.05) is 12.2 Å². The van der Waals surface area contributed by atoms with Crippen molar-refractivity contribution < 1.29 is 31.5 Å². The number of benzene rings is 3. The zero-order valence-electron chi connectivity index (χ0n) is 20.5. The Morgan fingerprint density at radius 2 is 1.61 bits per heavy atom. The Bertz CT molecular complexity index is 1580. The fourth-order valence-electron chi connectivity index (χ4n) is 4.10. The van der Waals surface area contributed by atoms with Gasteiger partial charge in [0.15, 0.2) is 0 Å². The molecule has 5 rings (SSSR count). The van der Waals surface area contributed by atoms with E-state index in [1.807, 2.05) is 67.4 Å². The molecule has 7 nitrogen and oxygen atoms in total. The van der Waals surface area contributed by atoms with E-state index in [2.05, 4.69) is 28.5 Å². The van der Waals surface area contributed by atoms with E-state index in [9.17, 15) is 8.42 Å². The second-order valence-electron chi connectivity index (χ2n) is 8.33. The molecule has 0 aliphatic rings. The molecule has 5 aromatic rings. The van der Waals surface area contributed by atoms with Gasteiger partial charge in [-0.2, -0.15) is 8.42 Å². The van der Waals surface area contributed by atoms with Crippen molar-refractivity contribution in [2.75, 3.05) is 6.61 Å². The van der Waals surface area contributed by atoms with Gasteiger partial charge < -0.3 is 9.25 Å². The first-order chi connectivity index (χ1) is 16.9. The number of aromatic nitrogens is 4. The third-order valence-electron chi connectivity index (χ3n) is 5.98. The summed E-state index contributed by atoms with van der Waals surface area (Å²) in [6.45, 7) is 6.19. The number of hydrogen-bond donors (Lipinski definition) is 0. The first-order valence-electron chi connectivity index (χ1n) is 11.3. The van der Waals surface area contributed by atoms with Gasteiger partial charge in [0.05, 0.1) is 17.0 Å². The summed E-state index contributed by atoms with van der Waals surface area (Å²) < 4.78 is 34.5. The maximum absolute atomic E-state index is 12.7. The van der Waals surface area contributed by atoms with Crippen LogP contribution >= 0.6 is 0 Å². The zero-order valence-corrected chi connectivity index (χ0v) is 21.3. The molecule has 0 aliphatic carbocycles. The Kier molecular flexibility index (Phi) is 7.72. The SMILES string of the molecule is Cc1ccc(S(=O)(=O)OCCn2c([CH-]n3nnc4ccccc43)cc(-c3ccccc3)c2C)cc1.[Li+]. The topological polar surface area (TPSA) is 79.0 Å². The molecule has 0 spiro atoms. The van der Waals surface area contributed by atoms with Gasteiger partial charge in [0.1, 0.15) is 0 Å². The average molecular weight is 493 g/mol. The van der Waals surface area contributed by atoms with Crippen LogP contribution in [0.4, 0.5) is 0 Å². The summed E-state index contributed by atoms with van der Waals surface area (Å²) in [7, 11) is -3.85. The molecule has 0 atom stereocenters. The summed E-state index contributed by atoms with van der Waals surface area (Å²) in [5.41, 5.74) is 6.68. The fraction of sp³-hybridized carbons (Fsp3) is 0.148. The normalized spacial score (nSPS) is 11.4. The molecule has 36 heavy (non-hydrogen) atoms. The quantitative estimate of drug-likeness (QED) is 0.188. The molecule has 0 aliphatic heterocycles. The molecule has 2 aromatic heterocycles. The monoisotopic (exact) mass is 492 g/mol. The zero-order chi connectivity index (χ0) is 24.4. The van der Waals surface area contributed by atoms with Gasteiger partial charge in [-0.1, -0.05) is 83.5 Å². The van der Waals surface area contributed by atoms with Gasteiger partial charge in [0.25, 0.3) is 10.1 Å². The maximum atomic E-state index is 12.7. The second kappa shape index (κ2) is 10.8. The van der Waals surface area contributed by atoms with Crippen LogP contribution in [0.1, 0.15) is 17.0 Å². The minimum absolute atomic E-state index is 0. The van der Waals surface area contributed by atoms with E-state index in [0.29, 0.717) is 6.54 Å². The average Bonchev–Trinajstić information content (AvgIpc) is 3.41. The first kappa shape index (κ1) is 25.8. The summed E-state index contributed by atoms with van der Waals surface area (Å²) in [5, 5.41) is 8.51. The van der Waals surface area contributed by atoms with Crippen molar-refractivity contribution in [3.05, 3.63) is 108 Å². The predicted molar refractivity (Wildman–Crippen MR) is 135 cm³/mol. The molecule has 178 valence electrons. The number of aryl methyl sites for hydroxylation is 1. The Morgan fingerprint density at radius 3 is 2.36 bits per heavy atom. The molecule has 0 bridgehead atoms. The van der Waals surface area contributed by atoms with Crippen LogP contribution in [-0.4, -0.2) is 34.6 Å². The van der Waals surface area contributed by atoms with Crippen molar-refractivity contribution in [2.24, 2.45) is 0 Å². The van der Waals surface area contributed by atoms with Crippen LogP contribution in [0.25, 0.3) is 22.2 Å². The Hall–Kier alpha value is -3.28. The van der Waals surface area contributed by atoms with Crippen LogP contribution in [0.3, 0.4) is 0 Å². The fourth-order valence-corrected chi connectivity index (χ4v) is 5.00. The number of rotatable bonds is 8. The van der Waals surface area contributed by atoms with Crippen LogP contribution in [0, 0.1) is 20.4 Å². The molecular formula is C27H25LiN4O3S. The molecule has 0 fully saturated rings. The van der Waals surface area contributed by atoms with Crippen LogP contribution < -0.4 is 18.9 Å². The van der Waals surface area contributed by atoms with E-state index in [-0.39, 0.29) is 30.4 Å². The van der Waals surface area contributed by atoms with Gasteiger partial charge in [-0.25, -0.2) is 0 Å². The smallest absolute Gasteiger partial charge is 0.365 e. The molecule has 0 radical (unpaired) electrons. The molecule has 0 amide bonds. The van der Waals surface area contributed by atoms with Crippen molar-refractivity contribution in [3.8, 4) is 11.1 Å². The molecule has 2 heterocycles. The summed E-state index contributed by atoms with van der Waals surface area (Å²) in [6.07, 6.45) is 0. The van der Waals surface area contributed by atoms with Crippen LogP contribution in [0.15, 0.2) is 89.8 Å². The van der Waals surface area contributed by atoms with Crippen molar-refractivity contribution >= 4 is 21.2 Å². The van der Waals surface area contributed by atoms with Gasteiger partial charge in [-0.3, -0.25) is 4.18 Å². The van der Waals surface area contributed by atoms with Crippen LogP contribution in [0.5, 0.6) is 0 Å². The summed E-state index contributed by atoms with van der Waals surface area (Å²) in [5.74, 6) is 0. The van der Waals surface area contributed by atoms with Gasteiger partial charge >= 0.3 is 18.9 Å². The summed E-state index contributed by atoms with van der Waals surface area (Å²) in [6, 6.07) is 26.5. The standard InChI is InChI=1S/C27H25N4O3S.Li/c1-20-12-14-24(15-13-20)35(32,33)34-17-16-30-21(2)25(22-8-4-3-5-9-22)18-23(30)19-31-27-11-7-6-10-26(27)28-29-31;/h3-15,18-19H,16-17H2,1-2H3;/q-1;+1. The Morgan fingerprint density at radius 1 is 0.917 bits per heavy atom. The van der Waals surface area contributed by atoms with E-state index in [1.54, 1.807) is 28.9 Å². The van der Waals surface area contributed by atoms with Gasteiger partial charge in [-0.15, -0.1) is 11.2 Å². The minimum Gasteiger partial charge on any atom is -0.365 e. The van der Waals surface area contributed by atoms with Crippen molar-refractivity contribution in [3.63, 3.8) is 0 Å². The van der Waals surface area contributed by atoms with E-state index in [1.165, 1.54) is 0 Å². The predicted octanol–water partition coefficient (Wildman–Crippen LogP) is 1.98. The largest absolute Gasteiger partial charge is 1.00 e. The molecule has 0 N–H and O–H groups in total. The summed E-state index contributed by atoms with van der Waals surface area (Å²) in [4.78, 5) is 0.151. The van der Waals surface area contributed by atoms with Gasteiger partial charge in [0.2, 0.25) is 0 Å². The maximum Gasteiger partial charge on any atom is 1.00 e. The van der Waals surface area contributed by atoms with E-state index < -0.39 is 10.1 Å². The van der Waals surface area contributed by atoms with Crippen LogP contribution in [-0.2, 0) is 20.8 Å². The van der Waals surface area contributed by atoms with Crippen LogP contribution in [0.2, 0.25) is 0 Å². The van der Waals surface area contributed by atoms with Crippen molar-refractivity contribution in [2.45, 2.75) is 25.3 Å². The third-order valence-corrected chi connectivity index (χ3v) is 7.30. The van der Waals surface area contributed by atoms with E-state index >= 15 is 0 Å². The molecule has 0 saturated heterocycles. The second-order valence-corrected chi connectivity index (χ2v) is 9.94. The summed E-state index contributed by atoms with van der Waals surface area (Å²) >= 11 is 0. The van der Waals surface area contributed by atoms with Gasteiger partial charge in [-0.05, 0) is 48.8 Å². The number of fused-ring (bicyclic) bond motifs is 1. The minimum atomic E-state index is -3.85. The molecule has 3 aromatic carbocycles. The van der Waals surface area contributed by atoms with Crippen molar-refractivity contribution in [1.29, 1.82) is 0 Å². The number of para-hydroxylation sites is 1. The molecule has 0 saturated carbocycles. The van der Waals surface area contributed by atoms with E-state index in [0.717, 1.165) is 39.1 Å².